The van der Waals surface area contributed by atoms with Gasteiger partial charge in [0.2, 0.25) is 21.9 Å². The molecule has 3 aromatic heterocycles. The number of anilines is 2. The Morgan fingerprint density at radius 1 is 1.11 bits per heavy atom. The van der Waals surface area contributed by atoms with Crippen LogP contribution in [0.2, 0.25) is 5.02 Å². The summed E-state index contributed by atoms with van der Waals surface area (Å²) >= 11 is 7.47. The minimum atomic E-state index is -3.67. The van der Waals surface area contributed by atoms with E-state index in [1.54, 1.807) is 18.3 Å². The van der Waals surface area contributed by atoms with Gasteiger partial charge >= 0.3 is 0 Å². The van der Waals surface area contributed by atoms with Crippen molar-refractivity contribution in [1.29, 1.82) is 0 Å². The molecule has 6 rings (SSSR count). The Bertz CT molecular complexity index is 1890. The summed E-state index contributed by atoms with van der Waals surface area (Å²) in [6.45, 7) is 1.15. The molecule has 11 nitrogen and oxygen atoms in total. The van der Waals surface area contributed by atoms with Gasteiger partial charge in [0.15, 0.2) is 4.96 Å². The van der Waals surface area contributed by atoms with Crippen molar-refractivity contribution < 1.29 is 13.2 Å². The summed E-state index contributed by atoms with van der Waals surface area (Å²) in [4.78, 5) is 27.8. The van der Waals surface area contributed by atoms with Crippen LogP contribution < -0.4 is 16.4 Å². The zero-order valence-corrected chi connectivity index (χ0v) is 26.1. The maximum Gasteiger partial charge on any atom is 0.243 e. The monoisotopic (exact) mass is 650 g/mol. The highest BCUT2D eigenvalue weighted by atomic mass is 35.5. The van der Waals surface area contributed by atoms with Crippen molar-refractivity contribution in [2.75, 3.05) is 30.3 Å². The molecule has 1 atom stereocenters. The number of sulfonamides is 1. The fourth-order valence-corrected chi connectivity index (χ4v) is 7.63. The van der Waals surface area contributed by atoms with Crippen molar-refractivity contribution in [3.63, 3.8) is 0 Å². The lowest BCUT2D eigenvalue weighted by Crippen LogP contribution is -2.45. The Morgan fingerprint density at radius 3 is 2.75 bits per heavy atom. The van der Waals surface area contributed by atoms with Crippen LogP contribution >= 0.6 is 22.9 Å². The van der Waals surface area contributed by atoms with E-state index in [0.29, 0.717) is 60.4 Å². The van der Waals surface area contributed by atoms with Crippen LogP contribution in [0.5, 0.6) is 0 Å². The van der Waals surface area contributed by atoms with Gasteiger partial charge in [-0.05, 0) is 62.2 Å². The minimum Gasteiger partial charge on any atom is -0.350 e. The number of piperidine rings is 1. The molecule has 1 aliphatic heterocycles. The number of carbonyl (C=O) groups excluding carboxylic acids is 1. The molecule has 1 saturated heterocycles. The fourth-order valence-electron chi connectivity index (χ4n) is 5.27. The molecule has 0 spiro atoms. The molecule has 2 aromatic carbocycles. The predicted molar refractivity (Wildman–Crippen MR) is 173 cm³/mol. The molecule has 44 heavy (non-hydrogen) atoms. The molecular weight excluding hydrogens is 620 g/mol. The number of nitrogens with two attached hydrogens (primary N) is 1. The van der Waals surface area contributed by atoms with Gasteiger partial charge in [-0.2, -0.15) is 4.31 Å². The van der Waals surface area contributed by atoms with Crippen molar-refractivity contribution >= 4 is 55.5 Å². The van der Waals surface area contributed by atoms with Crippen LogP contribution in [0.4, 0.5) is 11.6 Å². The number of rotatable bonds is 10. The van der Waals surface area contributed by atoms with Crippen LogP contribution in [0, 0.1) is 0 Å². The maximum absolute atomic E-state index is 13.3. The highest BCUT2D eigenvalue weighted by Gasteiger charge is 2.31. The van der Waals surface area contributed by atoms with Gasteiger partial charge in [-0.25, -0.2) is 23.4 Å². The Labute approximate surface area is 264 Å². The van der Waals surface area contributed by atoms with E-state index in [1.165, 1.54) is 27.8 Å². The van der Waals surface area contributed by atoms with Crippen LogP contribution in [0.3, 0.4) is 0 Å². The van der Waals surface area contributed by atoms with Crippen LogP contribution in [0.1, 0.15) is 25.7 Å². The van der Waals surface area contributed by atoms with Gasteiger partial charge in [-0.15, -0.1) is 11.3 Å². The lowest BCUT2D eigenvalue weighted by Gasteiger charge is -2.32. The molecule has 0 bridgehead atoms. The number of para-hydroxylation sites is 1. The van der Waals surface area contributed by atoms with Gasteiger partial charge < -0.3 is 16.4 Å². The third kappa shape index (κ3) is 6.33. The molecule has 14 heteroatoms. The number of fused-ring (bicyclic) bond motifs is 1. The molecule has 0 unspecified atom stereocenters. The predicted octanol–water partition coefficient (Wildman–Crippen LogP) is 5.12. The van der Waals surface area contributed by atoms with Gasteiger partial charge in [0, 0.05) is 53.9 Å². The van der Waals surface area contributed by atoms with E-state index in [9.17, 15) is 13.2 Å². The van der Waals surface area contributed by atoms with Crippen molar-refractivity contribution in [3.8, 4) is 22.6 Å². The molecule has 1 amide bonds. The molecule has 1 aliphatic rings. The van der Waals surface area contributed by atoms with Gasteiger partial charge in [0.25, 0.3) is 0 Å². The number of aromatic nitrogens is 4. The second kappa shape index (κ2) is 13.0. The van der Waals surface area contributed by atoms with E-state index in [0.717, 1.165) is 22.6 Å². The maximum atomic E-state index is 13.3. The first-order chi connectivity index (χ1) is 21.3. The number of halogens is 1. The molecule has 0 saturated carbocycles. The molecule has 228 valence electrons. The van der Waals surface area contributed by atoms with Gasteiger partial charge in [-0.1, -0.05) is 29.8 Å². The van der Waals surface area contributed by atoms with Crippen LogP contribution in [-0.2, 0) is 14.8 Å². The second-order valence-electron chi connectivity index (χ2n) is 10.4. The summed E-state index contributed by atoms with van der Waals surface area (Å²) < 4.78 is 30.1. The Kier molecular flexibility index (Phi) is 8.91. The molecule has 4 N–H and O–H groups in total. The molecule has 1 fully saturated rings. The van der Waals surface area contributed by atoms with Gasteiger partial charge in [0.1, 0.15) is 11.4 Å². The average Bonchev–Trinajstić information content (AvgIpc) is 3.63. The van der Waals surface area contributed by atoms with Crippen molar-refractivity contribution in [2.24, 2.45) is 5.73 Å². The van der Waals surface area contributed by atoms with E-state index in [4.69, 9.17) is 27.3 Å². The Morgan fingerprint density at radius 2 is 1.93 bits per heavy atom. The first kappa shape index (κ1) is 30.2. The van der Waals surface area contributed by atoms with E-state index in [-0.39, 0.29) is 23.4 Å². The second-order valence-corrected chi connectivity index (χ2v) is 13.7. The normalized spacial score (nSPS) is 15.8. The Hall–Kier alpha value is -3.88. The van der Waals surface area contributed by atoms with Gasteiger partial charge in [-0.3, -0.25) is 9.20 Å². The van der Waals surface area contributed by atoms with E-state index >= 15 is 0 Å². The SMILES string of the molecule is NCCCC(=O)Nc1ccccc1-c1nc2sccn2c1-c1ccnc(N[C@@H]2CCCN(S(=O)(=O)c3ccc(Cl)cc3)C2)n1. The number of nitrogens with zero attached hydrogens (tertiary/aromatic N) is 5. The number of thiazole rings is 1. The van der Waals surface area contributed by atoms with Crippen LogP contribution in [-0.4, -0.2) is 63.7 Å². The molecular formula is C30H31ClN8O3S2. The van der Waals surface area contributed by atoms with Crippen molar-refractivity contribution in [3.05, 3.63) is 77.4 Å². The van der Waals surface area contributed by atoms with Crippen LogP contribution in [0.15, 0.2) is 77.3 Å². The minimum absolute atomic E-state index is 0.112. The number of benzene rings is 2. The summed E-state index contributed by atoms with van der Waals surface area (Å²) in [5.74, 6) is 0.274. The van der Waals surface area contributed by atoms with E-state index in [1.807, 2.05) is 46.3 Å². The summed E-state index contributed by atoms with van der Waals surface area (Å²) in [7, 11) is -3.67. The number of imidazole rings is 1. The lowest BCUT2D eigenvalue weighted by atomic mass is 10.1. The smallest absolute Gasteiger partial charge is 0.243 e. The van der Waals surface area contributed by atoms with E-state index in [2.05, 4.69) is 15.6 Å². The van der Waals surface area contributed by atoms with Crippen LogP contribution in [0.25, 0.3) is 27.6 Å². The number of amides is 1. The molecule has 5 aromatic rings. The lowest BCUT2D eigenvalue weighted by molar-refractivity contribution is -0.116. The zero-order chi connectivity index (χ0) is 30.7. The number of hydrogen-bond donors (Lipinski definition) is 3. The highest BCUT2D eigenvalue weighted by Crippen LogP contribution is 2.37. The van der Waals surface area contributed by atoms with Gasteiger partial charge in [0.05, 0.1) is 16.3 Å². The number of hydrogen-bond acceptors (Lipinski definition) is 9. The largest absolute Gasteiger partial charge is 0.350 e. The standard InChI is InChI=1S/C30H31ClN8O3S2/c31-20-9-11-22(12-10-20)44(41,42)38-16-4-5-21(19-38)34-29-33-15-13-25(36-29)28-27(37-30-39(28)17-18-43-30)23-6-1-2-7-24(23)35-26(40)8-3-14-32/h1-2,6-7,9-13,15,17-18,21H,3-5,8,14,16,19,32H2,(H,35,40)(H,33,34,36)/t21-/m1/s1. The topological polar surface area (TPSA) is 148 Å². The molecule has 0 aliphatic carbocycles. The Balaban J connectivity index is 1.28. The third-order valence-corrected chi connectivity index (χ3v) is 10.3. The quantitative estimate of drug-likeness (QED) is 0.189. The molecule has 4 heterocycles. The number of nitrogens with one attached hydrogen (secondary N) is 2. The highest BCUT2D eigenvalue weighted by molar-refractivity contribution is 7.89. The third-order valence-electron chi connectivity index (χ3n) is 7.39. The summed E-state index contributed by atoms with van der Waals surface area (Å²) in [5, 5.41) is 8.80. The summed E-state index contributed by atoms with van der Waals surface area (Å²) in [6, 6.07) is 15.4. The number of carbonyl (C=O) groups is 1. The van der Waals surface area contributed by atoms with Crippen molar-refractivity contribution in [2.45, 2.75) is 36.6 Å². The summed E-state index contributed by atoms with van der Waals surface area (Å²) in [5.41, 5.74) is 9.07. The molecule has 0 radical (unpaired) electrons. The summed E-state index contributed by atoms with van der Waals surface area (Å²) in [6.07, 6.45) is 6.00. The van der Waals surface area contributed by atoms with Crippen molar-refractivity contribution in [1.82, 2.24) is 23.7 Å². The first-order valence-corrected chi connectivity index (χ1v) is 16.9. The van der Waals surface area contributed by atoms with E-state index < -0.39 is 10.0 Å². The fraction of sp³-hybridized carbons (Fsp3) is 0.267. The first-order valence-electron chi connectivity index (χ1n) is 14.2. The zero-order valence-electron chi connectivity index (χ0n) is 23.7. The average molecular weight is 651 g/mol.